The molecule has 0 aliphatic carbocycles. The van der Waals surface area contributed by atoms with Crippen LogP contribution in [-0.4, -0.2) is 58.1 Å². The minimum atomic E-state index is -0.226. The molecule has 3 aliphatic heterocycles. The van der Waals surface area contributed by atoms with E-state index in [2.05, 4.69) is 19.8 Å². The normalized spacial score (nSPS) is 21.0. The van der Waals surface area contributed by atoms with Crippen molar-refractivity contribution in [2.24, 2.45) is 9.98 Å². The third-order valence-electron chi connectivity index (χ3n) is 5.37. The van der Waals surface area contributed by atoms with Crippen LogP contribution < -0.4 is 0 Å². The van der Waals surface area contributed by atoms with Gasteiger partial charge in [-0.15, -0.1) is 0 Å². The summed E-state index contributed by atoms with van der Waals surface area (Å²) in [5, 5.41) is 2.74. The van der Waals surface area contributed by atoms with E-state index in [-0.39, 0.29) is 11.8 Å². The van der Waals surface area contributed by atoms with Gasteiger partial charge >= 0.3 is 0 Å². The van der Waals surface area contributed by atoms with Gasteiger partial charge in [-0.1, -0.05) is 47.5 Å². The summed E-state index contributed by atoms with van der Waals surface area (Å²) in [5.41, 5.74) is 1.81. The minimum absolute atomic E-state index is 0.226. The molecule has 0 atom stereocenters. The molecule has 0 saturated carbocycles. The van der Waals surface area contributed by atoms with E-state index >= 15 is 0 Å². The number of benzene rings is 2. The topological polar surface area (TPSA) is 65.3 Å². The molecule has 2 amide bonds. The molecule has 172 valence electrons. The fourth-order valence-corrected chi connectivity index (χ4v) is 5.76. The van der Waals surface area contributed by atoms with Crippen molar-refractivity contribution in [3.63, 3.8) is 0 Å². The largest absolute Gasteiger partial charge is 0.347 e. The third-order valence-corrected chi connectivity index (χ3v) is 7.97. The summed E-state index contributed by atoms with van der Waals surface area (Å²) in [6, 6.07) is 14.7. The van der Waals surface area contributed by atoms with Crippen LogP contribution in [0.3, 0.4) is 0 Å². The van der Waals surface area contributed by atoms with Crippen LogP contribution in [0.1, 0.15) is 11.1 Å². The quantitative estimate of drug-likeness (QED) is 0.495. The zero-order chi connectivity index (χ0) is 23.7. The molecule has 5 rings (SSSR count). The molecule has 0 aromatic heterocycles. The molecule has 10 heteroatoms. The van der Waals surface area contributed by atoms with Gasteiger partial charge in [0.05, 0.1) is 9.81 Å². The van der Waals surface area contributed by atoms with E-state index in [0.29, 0.717) is 56.4 Å². The molecule has 0 spiro atoms. The van der Waals surface area contributed by atoms with Gasteiger partial charge in [0.2, 0.25) is 0 Å². The summed E-state index contributed by atoms with van der Waals surface area (Å²) in [5.74, 6) is -0.452. The van der Waals surface area contributed by atoms with E-state index in [9.17, 15) is 9.59 Å². The maximum absolute atomic E-state index is 12.4. The average molecular weight is 529 g/mol. The van der Waals surface area contributed by atoms with Gasteiger partial charge in [0, 0.05) is 36.2 Å². The Labute approximate surface area is 215 Å². The van der Waals surface area contributed by atoms with Gasteiger partial charge in [-0.2, -0.15) is 9.98 Å². The fraction of sp³-hybridized carbons (Fsp3) is 0.167. The number of amidine groups is 2. The van der Waals surface area contributed by atoms with Gasteiger partial charge in [0.15, 0.2) is 10.3 Å². The number of rotatable bonds is 2. The van der Waals surface area contributed by atoms with Crippen LogP contribution in [-0.2, 0) is 9.59 Å². The van der Waals surface area contributed by atoms with Gasteiger partial charge < -0.3 is 9.80 Å². The second-order valence-electron chi connectivity index (χ2n) is 7.70. The SMILES string of the molecule is O=C1N=C(N2CCN(C3=NC(=O)/C(=C/c4ccc(Cl)cc4)S3)CC2)S/C1=C\c1ccc(Cl)cc1. The van der Waals surface area contributed by atoms with Gasteiger partial charge in [0.1, 0.15) is 0 Å². The number of aliphatic imine (C=N–C) groups is 2. The van der Waals surface area contributed by atoms with Gasteiger partial charge in [-0.3, -0.25) is 9.59 Å². The van der Waals surface area contributed by atoms with E-state index in [1.54, 1.807) is 24.3 Å². The Bertz CT molecular complexity index is 1160. The number of piperazine rings is 1. The number of nitrogens with zero attached hydrogens (tertiary/aromatic N) is 4. The highest BCUT2D eigenvalue weighted by Gasteiger charge is 2.32. The Kier molecular flexibility index (Phi) is 6.83. The van der Waals surface area contributed by atoms with Crippen molar-refractivity contribution in [1.29, 1.82) is 0 Å². The van der Waals surface area contributed by atoms with Crippen molar-refractivity contribution < 1.29 is 9.59 Å². The Balaban J connectivity index is 1.18. The summed E-state index contributed by atoms with van der Waals surface area (Å²) in [6.07, 6.45) is 3.67. The molecule has 3 aliphatic rings. The summed E-state index contributed by atoms with van der Waals surface area (Å²) >= 11 is 14.6. The molecule has 1 fully saturated rings. The molecule has 3 heterocycles. The second kappa shape index (κ2) is 10.00. The lowest BCUT2D eigenvalue weighted by atomic mass is 10.2. The first kappa shape index (κ1) is 23.2. The van der Waals surface area contributed by atoms with Crippen LogP contribution in [0, 0.1) is 0 Å². The predicted molar refractivity (Wildman–Crippen MR) is 142 cm³/mol. The van der Waals surface area contributed by atoms with Crippen LogP contribution in [0.2, 0.25) is 10.0 Å². The lowest BCUT2D eigenvalue weighted by molar-refractivity contribution is -0.114. The summed E-state index contributed by atoms with van der Waals surface area (Å²) in [7, 11) is 0. The number of halogens is 2. The van der Waals surface area contributed by atoms with Crippen LogP contribution in [0.5, 0.6) is 0 Å². The molecule has 2 aromatic rings. The maximum Gasteiger partial charge on any atom is 0.286 e. The fourth-order valence-electron chi connectivity index (χ4n) is 3.58. The second-order valence-corrected chi connectivity index (χ2v) is 10.6. The van der Waals surface area contributed by atoms with E-state index in [1.165, 1.54) is 23.5 Å². The number of thioether (sulfide) groups is 2. The monoisotopic (exact) mass is 528 g/mol. The van der Waals surface area contributed by atoms with Gasteiger partial charge in [0.25, 0.3) is 11.8 Å². The predicted octanol–water partition coefficient (Wildman–Crippen LogP) is 5.25. The minimum Gasteiger partial charge on any atom is -0.347 e. The molecule has 0 bridgehead atoms. The van der Waals surface area contributed by atoms with Crippen LogP contribution in [0.4, 0.5) is 0 Å². The van der Waals surface area contributed by atoms with Crippen molar-refractivity contribution in [3.8, 4) is 0 Å². The molecule has 6 nitrogen and oxygen atoms in total. The van der Waals surface area contributed by atoms with Gasteiger partial charge in [-0.25, -0.2) is 0 Å². The maximum atomic E-state index is 12.4. The molecule has 2 aromatic carbocycles. The number of amides is 2. The zero-order valence-corrected chi connectivity index (χ0v) is 20.9. The standard InChI is InChI=1S/C24H18Cl2N4O2S2/c25-17-5-1-15(2-6-17)13-19-21(31)27-23(33-19)29-9-11-30(12-10-29)24-28-22(32)20(34-24)14-16-3-7-18(26)8-4-16/h1-8,13-14H,9-12H2/b19-13-,20-14-. The van der Waals surface area contributed by atoms with Crippen molar-refractivity contribution in [2.45, 2.75) is 0 Å². The van der Waals surface area contributed by atoms with Crippen LogP contribution in [0.15, 0.2) is 68.3 Å². The smallest absolute Gasteiger partial charge is 0.286 e. The highest BCUT2D eigenvalue weighted by atomic mass is 35.5. The Morgan fingerprint density at radius 3 is 1.35 bits per heavy atom. The molecule has 1 saturated heterocycles. The van der Waals surface area contributed by atoms with Crippen LogP contribution in [0.25, 0.3) is 12.2 Å². The lowest BCUT2D eigenvalue weighted by Gasteiger charge is -2.35. The number of hydrogen-bond acceptors (Lipinski definition) is 6. The van der Waals surface area contributed by atoms with E-state index < -0.39 is 0 Å². The molecule has 34 heavy (non-hydrogen) atoms. The molecule has 0 unspecified atom stereocenters. The van der Waals surface area contributed by atoms with Crippen molar-refractivity contribution in [1.82, 2.24) is 9.80 Å². The molecular weight excluding hydrogens is 511 g/mol. The first-order valence-corrected chi connectivity index (χ1v) is 12.9. The summed E-state index contributed by atoms with van der Waals surface area (Å²) in [4.78, 5) is 38.7. The van der Waals surface area contributed by atoms with Crippen molar-refractivity contribution in [3.05, 3.63) is 79.5 Å². The number of carbonyl (C=O) groups is 2. The lowest BCUT2D eigenvalue weighted by Crippen LogP contribution is -2.49. The van der Waals surface area contributed by atoms with Crippen molar-refractivity contribution >= 4 is 81.0 Å². The van der Waals surface area contributed by atoms with Crippen molar-refractivity contribution in [2.75, 3.05) is 26.2 Å². The molecular formula is C24H18Cl2N4O2S2. The first-order chi connectivity index (χ1) is 16.4. The van der Waals surface area contributed by atoms with E-state index in [4.69, 9.17) is 23.2 Å². The Morgan fingerprint density at radius 2 is 1.00 bits per heavy atom. The third kappa shape index (κ3) is 5.25. The number of hydrogen-bond donors (Lipinski definition) is 0. The highest BCUT2D eigenvalue weighted by molar-refractivity contribution is 8.18. The Hall–Kier alpha value is -2.52. The average Bonchev–Trinajstić information content (AvgIpc) is 3.39. The highest BCUT2D eigenvalue weighted by Crippen LogP contribution is 2.33. The molecule has 0 N–H and O–H groups in total. The summed E-state index contributed by atoms with van der Waals surface area (Å²) in [6.45, 7) is 2.77. The number of carbonyl (C=O) groups excluding carboxylic acids is 2. The van der Waals surface area contributed by atoms with E-state index in [0.717, 1.165) is 11.1 Å². The van der Waals surface area contributed by atoms with Gasteiger partial charge in [-0.05, 0) is 71.1 Å². The summed E-state index contributed by atoms with van der Waals surface area (Å²) < 4.78 is 0. The van der Waals surface area contributed by atoms with Crippen LogP contribution >= 0.6 is 46.7 Å². The Morgan fingerprint density at radius 1 is 0.647 bits per heavy atom. The molecule has 0 radical (unpaired) electrons. The van der Waals surface area contributed by atoms with E-state index in [1.807, 2.05) is 36.4 Å². The first-order valence-electron chi connectivity index (χ1n) is 10.5. The zero-order valence-electron chi connectivity index (χ0n) is 17.8.